The van der Waals surface area contributed by atoms with E-state index in [1.807, 2.05) is 0 Å². The number of rotatable bonds is 12. The van der Waals surface area contributed by atoms with Crippen molar-refractivity contribution in [2.75, 3.05) is 0 Å². The molecule has 12 rings (SSSR count). The van der Waals surface area contributed by atoms with Crippen LogP contribution in [0, 0.1) is 17.5 Å². The second-order valence-electron chi connectivity index (χ2n) is 20.9. The van der Waals surface area contributed by atoms with Crippen molar-refractivity contribution in [3.05, 3.63) is 250 Å². The van der Waals surface area contributed by atoms with Crippen molar-refractivity contribution in [1.82, 2.24) is 29.9 Å². The zero-order valence-corrected chi connectivity index (χ0v) is 51.0. The minimum absolute atomic E-state index is 0.0178. The lowest BCUT2D eigenvalue weighted by molar-refractivity contribution is -0.140. The number of halogens is 12. The highest BCUT2D eigenvalue weighted by Gasteiger charge is 2.36. The van der Waals surface area contributed by atoms with Crippen molar-refractivity contribution >= 4 is 99.6 Å². The summed E-state index contributed by atoms with van der Waals surface area (Å²) in [5.74, 6) is -2.77. The third kappa shape index (κ3) is 16.0. The number of alkyl halides is 9. The van der Waals surface area contributed by atoms with Crippen LogP contribution in [0.3, 0.4) is 0 Å². The van der Waals surface area contributed by atoms with E-state index in [0.29, 0.717) is 84.4 Å². The summed E-state index contributed by atoms with van der Waals surface area (Å²) in [4.78, 5) is 21.8. The molecule has 3 aromatic heterocycles. The third-order valence-electron chi connectivity index (χ3n) is 14.2. The molecule has 0 radical (unpaired) electrons. The van der Waals surface area contributed by atoms with E-state index in [1.165, 1.54) is 66.8 Å². The first-order chi connectivity index (χ1) is 45.1. The quantitative estimate of drug-likeness (QED) is 0.0634. The van der Waals surface area contributed by atoms with Crippen LogP contribution in [0.1, 0.15) is 50.9 Å². The number of H-pyrrole nitrogens is 3. The number of aromatic amines is 3. The summed E-state index contributed by atoms with van der Waals surface area (Å²) in [6.45, 7) is 0. The van der Waals surface area contributed by atoms with Crippen molar-refractivity contribution in [2.45, 2.75) is 33.2 Å². The van der Waals surface area contributed by atoms with E-state index < -0.39 is 82.7 Å². The molecule has 0 spiro atoms. The number of nitrogens with one attached hydrogen (secondary N) is 3. The summed E-state index contributed by atoms with van der Waals surface area (Å²) in [6.07, 6.45) is -6.36. The Morgan fingerprint density at radius 2 is 0.740 bits per heavy atom. The van der Waals surface area contributed by atoms with E-state index in [2.05, 4.69) is 29.9 Å². The molecule has 0 atom stereocenters. The first-order valence-electron chi connectivity index (χ1n) is 27.6. The summed E-state index contributed by atoms with van der Waals surface area (Å²) >= 11 is 0. The van der Waals surface area contributed by atoms with Crippen LogP contribution in [-0.2, 0) is 48.6 Å². The average molecular weight is 1380 g/mol. The van der Waals surface area contributed by atoms with Gasteiger partial charge >= 0.3 is 18.5 Å². The maximum Gasteiger partial charge on any atom is 0.419 e. The van der Waals surface area contributed by atoms with E-state index >= 15 is 0 Å². The topological polar surface area (TPSA) is 267 Å². The van der Waals surface area contributed by atoms with Gasteiger partial charge in [0, 0.05) is 22.3 Å². The molecule has 0 amide bonds. The van der Waals surface area contributed by atoms with Crippen molar-refractivity contribution in [1.29, 1.82) is 0 Å². The second-order valence-corrected chi connectivity index (χ2v) is 25.4. The molecule has 15 nitrogen and oxygen atoms in total. The average Bonchev–Trinajstić information content (AvgIpc) is 1.47. The largest absolute Gasteiger partial charge is 0.419 e. The van der Waals surface area contributed by atoms with Crippen molar-refractivity contribution in [3.63, 3.8) is 0 Å². The SMILES string of the molecule is NS(=O)(=O)c1ccccc1-c1ccc2nc(/C=C/c3ccc(F)c(C(F)(F)F)c3)[nH]c2c1.NS(=O)(=O)c1ccccc1-c1ccc2nc(/C=C/c3ccc(F)cc3C(F)(F)F)[nH]c2c1.NS(=O)(=O)c1ccccc1-c1ccc2nc(/C=C/c3cccc(C(F)(F)F)c3F)[nH]c2c1. The number of hydrogen-bond acceptors (Lipinski definition) is 9. The minimum atomic E-state index is -4.79. The van der Waals surface area contributed by atoms with Gasteiger partial charge in [0.1, 0.15) is 34.9 Å². The first-order valence-corrected chi connectivity index (χ1v) is 32.2. The van der Waals surface area contributed by atoms with Crippen LogP contribution in [0.4, 0.5) is 52.7 Å². The summed E-state index contributed by atoms with van der Waals surface area (Å²) in [6, 6.07) is 42.0. The van der Waals surface area contributed by atoms with Gasteiger partial charge in [-0.15, -0.1) is 0 Å². The number of aromatic nitrogens is 6. The molecule has 12 aromatic rings. The lowest BCUT2D eigenvalue weighted by Crippen LogP contribution is -2.13. The van der Waals surface area contributed by atoms with E-state index in [1.54, 1.807) is 109 Å². The van der Waals surface area contributed by atoms with Crippen LogP contribution >= 0.6 is 0 Å². The Morgan fingerprint density at radius 3 is 1.14 bits per heavy atom. The van der Waals surface area contributed by atoms with Crippen molar-refractivity contribution in [2.24, 2.45) is 15.4 Å². The molecule has 0 aliphatic carbocycles. The summed E-state index contributed by atoms with van der Waals surface area (Å²) < 4.78 is 229. The molecule has 9 aromatic carbocycles. The van der Waals surface area contributed by atoms with Crippen LogP contribution in [0.5, 0.6) is 0 Å². The van der Waals surface area contributed by atoms with Crippen molar-refractivity contribution in [3.8, 4) is 33.4 Å². The lowest BCUT2D eigenvalue weighted by Gasteiger charge is -2.10. The van der Waals surface area contributed by atoms with E-state index in [9.17, 15) is 77.9 Å². The number of sulfonamides is 3. The van der Waals surface area contributed by atoms with Gasteiger partial charge in [-0.3, -0.25) is 0 Å². The zero-order valence-electron chi connectivity index (χ0n) is 48.6. The fourth-order valence-corrected chi connectivity index (χ4v) is 12.2. The van der Waals surface area contributed by atoms with Crippen molar-refractivity contribution < 1.29 is 77.9 Å². The van der Waals surface area contributed by atoms with Gasteiger partial charge in [0.2, 0.25) is 30.1 Å². The molecule has 0 saturated carbocycles. The summed E-state index contributed by atoms with van der Waals surface area (Å²) in [5.41, 5.74) is 2.22. The van der Waals surface area contributed by atoms with Gasteiger partial charge in [-0.1, -0.05) is 109 Å². The van der Waals surface area contributed by atoms with Gasteiger partial charge in [0.25, 0.3) is 0 Å². The molecule has 492 valence electrons. The Morgan fingerprint density at radius 1 is 0.354 bits per heavy atom. The highest BCUT2D eigenvalue weighted by Crippen LogP contribution is 2.37. The zero-order chi connectivity index (χ0) is 69.3. The first kappa shape index (κ1) is 68.4. The Hall–Kier alpha value is -10.5. The highest BCUT2D eigenvalue weighted by molar-refractivity contribution is 7.89. The molecule has 3 heterocycles. The van der Waals surface area contributed by atoms with Gasteiger partial charge in [-0.05, 0) is 137 Å². The normalized spacial score (nSPS) is 12.7. The van der Waals surface area contributed by atoms with E-state index in [-0.39, 0.29) is 43.0 Å². The molecule has 9 N–H and O–H groups in total. The Balaban J connectivity index is 0.000000157. The van der Waals surface area contributed by atoms with Gasteiger partial charge in [-0.2, -0.15) is 39.5 Å². The number of fused-ring (bicyclic) bond motifs is 3. The molecular formula is C66H45F12N9O6S3. The molecule has 0 aliphatic heterocycles. The van der Waals surface area contributed by atoms with E-state index in [4.69, 9.17) is 15.4 Å². The molecular weight excluding hydrogens is 1340 g/mol. The summed E-state index contributed by atoms with van der Waals surface area (Å²) in [7, 11) is -11.8. The molecule has 0 bridgehead atoms. The molecule has 96 heavy (non-hydrogen) atoms. The standard InChI is InChI=1S/3C22H15F4N3O2S/c23-21-13(4-3-6-16(21)22(24,25)26)9-11-20-28-17-10-8-14(12-18(17)29-20)15-5-1-2-7-19(15)32(27,30)31;23-17-8-5-13(11-16(17)22(24,25)26)6-10-21-28-18-9-7-14(12-19(18)29-21)15-3-1-2-4-20(15)32(27,30)31;23-15-8-5-13(17(12-15)22(24,25)26)7-10-21-28-18-9-6-14(11-19(18)29-21)16-3-1-2-4-20(16)32(27,30)31/h3*1-12H,(H,28,29)(H2,27,30,31)/b11-9+;10-6+;10-7+. The number of imidazole rings is 3. The predicted octanol–water partition coefficient (Wildman–Crippen LogP) is 15.6. The summed E-state index contributed by atoms with van der Waals surface area (Å²) in [5, 5.41) is 15.9. The van der Waals surface area contributed by atoms with Crippen LogP contribution in [0.25, 0.3) is 103 Å². The fraction of sp³-hybridized carbons (Fsp3) is 0.0455. The maximum atomic E-state index is 14.2. The van der Waals surface area contributed by atoms with Gasteiger partial charge < -0.3 is 15.0 Å². The number of benzene rings is 9. The van der Waals surface area contributed by atoms with Crippen LogP contribution in [0.2, 0.25) is 0 Å². The molecule has 0 unspecified atom stereocenters. The fourth-order valence-electron chi connectivity index (χ4n) is 9.88. The highest BCUT2D eigenvalue weighted by atomic mass is 32.2. The van der Waals surface area contributed by atoms with E-state index in [0.717, 1.165) is 30.3 Å². The maximum absolute atomic E-state index is 14.2. The van der Waals surface area contributed by atoms with Crippen LogP contribution in [-0.4, -0.2) is 55.2 Å². The number of primary sulfonamides is 3. The third-order valence-corrected chi connectivity index (χ3v) is 17.1. The van der Waals surface area contributed by atoms with Crippen LogP contribution in [0.15, 0.2) is 197 Å². The lowest BCUT2D eigenvalue weighted by atomic mass is 10.1. The Bertz CT molecular complexity index is 5420. The molecule has 30 heteroatoms. The van der Waals surface area contributed by atoms with Gasteiger partial charge in [0.05, 0.1) is 64.5 Å². The van der Waals surface area contributed by atoms with Crippen LogP contribution < -0.4 is 15.4 Å². The molecule has 0 fully saturated rings. The predicted molar refractivity (Wildman–Crippen MR) is 340 cm³/mol. The molecule has 0 saturated heterocycles. The number of nitrogens with two attached hydrogens (primary N) is 3. The second kappa shape index (κ2) is 26.7. The van der Waals surface area contributed by atoms with Gasteiger partial charge in [0.15, 0.2) is 0 Å². The number of nitrogens with zero attached hydrogens (tertiary/aromatic N) is 3. The molecule has 0 aliphatic rings. The minimum Gasteiger partial charge on any atom is -0.338 e. The smallest absolute Gasteiger partial charge is 0.338 e. The monoisotopic (exact) mass is 1380 g/mol. The Labute approximate surface area is 537 Å². The van der Waals surface area contributed by atoms with Gasteiger partial charge in [-0.25, -0.2) is 68.8 Å². The Kier molecular flexibility index (Phi) is 19.0. The number of hydrogen-bond donors (Lipinski definition) is 6.